The molecule has 0 unspecified atom stereocenters. The van der Waals surface area contributed by atoms with Crippen LogP contribution in [-0.4, -0.2) is 63.3 Å². The predicted molar refractivity (Wildman–Crippen MR) is 128 cm³/mol. The van der Waals surface area contributed by atoms with Crippen molar-refractivity contribution >= 4 is 28.6 Å². The van der Waals surface area contributed by atoms with Crippen molar-refractivity contribution in [3.63, 3.8) is 0 Å². The number of aryl methyl sites for hydroxylation is 1. The zero-order chi connectivity index (χ0) is 23.4. The number of benzene rings is 1. The Morgan fingerprint density at radius 3 is 2.61 bits per heavy atom. The number of unbranched alkanes of at least 4 members (excludes halogenated alkanes) is 1. The van der Waals surface area contributed by atoms with Gasteiger partial charge in [0.2, 0.25) is 5.95 Å². The van der Waals surface area contributed by atoms with Gasteiger partial charge in [0.15, 0.2) is 0 Å². The summed E-state index contributed by atoms with van der Waals surface area (Å²) in [5, 5.41) is 11.3. The molecule has 0 radical (unpaired) electrons. The van der Waals surface area contributed by atoms with Gasteiger partial charge in [-0.05, 0) is 31.0 Å². The summed E-state index contributed by atoms with van der Waals surface area (Å²) >= 11 is 0. The lowest BCUT2D eigenvalue weighted by Crippen LogP contribution is -2.46. The van der Waals surface area contributed by atoms with E-state index in [0.717, 1.165) is 31.5 Å². The molecule has 1 aliphatic rings. The van der Waals surface area contributed by atoms with Gasteiger partial charge >= 0.3 is 0 Å². The van der Waals surface area contributed by atoms with E-state index in [-0.39, 0.29) is 24.0 Å². The zero-order valence-corrected chi connectivity index (χ0v) is 19.1. The van der Waals surface area contributed by atoms with E-state index < -0.39 is 0 Å². The van der Waals surface area contributed by atoms with E-state index in [2.05, 4.69) is 32.6 Å². The van der Waals surface area contributed by atoms with E-state index in [1.165, 1.54) is 4.68 Å². The lowest BCUT2D eigenvalue weighted by molar-refractivity contribution is 0.0736. The molecule has 1 saturated heterocycles. The van der Waals surface area contributed by atoms with E-state index in [1.54, 1.807) is 19.1 Å². The van der Waals surface area contributed by atoms with Crippen LogP contribution in [-0.2, 0) is 6.54 Å². The number of carbonyl (C=O) groups is 1. The Hall–Kier alpha value is -3.53. The third kappa shape index (κ3) is 4.95. The molecule has 0 saturated carbocycles. The summed E-state index contributed by atoms with van der Waals surface area (Å²) < 4.78 is 1.41. The Kier molecular flexibility index (Phi) is 6.83. The fraction of sp³-hybridized carbons (Fsp3) is 0.435. The third-order valence-corrected chi connectivity index (χ3v) is 5.75. The quantitative estimate of drug-likeness (QED) is 0.460. The van der Waals surface area contributed by atoms with Crippen LogP contribution in [0, 0.1) is 6.92 Å². The normalized spacial score (nSPS) is 13.9. The van der Waals surface area contributed by atoms with Gasteiger partial charge in [0.1, 0.15) is 16.7 Å². The van der Waals surface area contributed by atoms with Gasteiger partial charge in [-0.1, -0.05) is 25.5 Å². The lowest BCUT2D eigenvalue weighted by atomic mass is 10.1. The average molecular weight is 451 g/mol. The summed E-state index contributed by atoms with van der Waals surface area (Å²) in [7, 11) is 0. The molecule has 0 bridgehead atoms. The molecule has 174 valence electrons. The number of aromatic nitrogens is 4. The molecule has 0 spiro atoms. The van der Waals surface area contributed by atoms with Crippen molar-refractivity contribution in [2.45, 2.75) is 33.2 Å². The van der Waals surface area contributed by atoms with Gasteiger partial charge in [-0.15, -0.1) is 0 Å². The number of hydrogen-bond donors (Lipinski definition) is 3. The van der Waals surface area contributed by atoms with Crippen LogP contribution in [0.1, 0.15) is 41.4 Å². The number of nitrogens with one attached hydrogen (secondary N) is 2. The Morgan fingerprint density at radius 2 is 1.91 bits per heavy atom. The predicted octanol–water partition coefficient (Wildman–Crippen LogP) is 1.38. The molecule has 10 heteroatoms. The van der Waals surface area contributed by atoms with E-state index >= 15 is 0 Å². The maximum Gasteiger partial charge on any atom is 0.280 e. The van der Waals surface area contributed by atoms with Gasteiger partial charge in [0.05, 0.1) is 12.2 Å². The van der Waals surface area contributed by atoms with E-state index in [1.807, 2.05) is 17.0 Å². The molecule has 4 N–H and O–H groups in total. The molecule has 2 aromatic heterocycles. The number of hydrogen-bond acceptors (Lipinski definition) is 8. The smallest absolute Gasteiger partial charge is 0.280 e. The fourth-order valence-corrected chi connectivity index (χ4v) is 3.94. The van der Waals surface area contributed by atoms with Gasteiger partial charge in [-0.2, -0.15) is 10.1 Å². The minimum absolute atomic E-state index is 0.0254. The van der Waals surface area contributed by atoms with Crippen LogP contribution in [0.5, 0.6) is 0 Å². The highest BCUT2D eigenvalue weighted by atomic mass is 16.2. The summed E-state index contributed by atoms with van der Waals surface area (Å²) in [6.45, 7) is 7.89. The van der Waals surface area contributed by atoms with Crippen LogP contribution in [0.2, 0.25) is 0 Å². The number of amides is 1. The van der Waals surface area contributed by atoms with Crippen molar-refractivity contribution in [2.24, 2.45) is 0 Å². The molecule has 3 aromatic rings. The first kappa shape index (κ1) is 22.7. The molecule has 1 aliphatic heterocycles. The van der Waals surface area contributed by atoms with Gasteiger partial charge in [-0.3, -0.25) is 9.59 Å². The fourth-order valence-electron chi connectivity index (χ4n) is 3.94. The van der Waals surface area contributed by atoms with Crippen LogP contribution in [0.4, 0.5) is 11.8 Å². The number of rotatable bonds is 7. The van der Waals surface area contributed by atoms with E-state index in [0.29, 0.717) is 47.6 Å². The first-order valence-corrected chi connectivity index (χ1v) is 11.4. The number of nitrogens with zero attached hydrogens (tertiary/aromatic N) is 5. The highest BCUT2D eigenvalue weighted by molar-refractivity contribution is 5.94. The Bertz CT molecular complexity index is 1200. The molecule has 10 nitrogen and oxygen atoms in total. The maximum absolute atomic E-state index is 13.3. The minimum Gasteiger partial charge on any atom is -0.369 e. The molecule has 1 fully saturated rings. The number of carbonyl (C=O) groups excluding carboxylic acids is 1. The van der Waals surface area contributed by atoms with Crippen molar-refractivity contribution in [1.82, 2.24) is 30.0 Å². The lowest BCUT2D eigenvalue weighted by Gasteiger charge is -2.27. The summed E-state index contributed by atoms with van der Waals surface area (Å²) in [5.74, 6) is 0.567. The number of fused-ring (bicyclic) bond motifs is 1. The highest BCUT2D eigenvalue weighted by Gasteiger charge is 2.19. The van der Waals surface area contributed by atoms with Crippen molar-refractivity contribution in [1.29, 1.82) is 0 Å². The molecule has 4 rings (SSSR count). The van der Waals surface area contributed by atoms with E-state index in [9.17, 15) is 9.59 Å². The summed E-state index contributed by atoms with van der Waals surface area (Å²) in [4.78, 5) is 36.4. The Balaban J connectivity index is 1.61. The van der Waals surface area contributed by atoms with Crippen LogP contribution in [0.3, 0.4) is 0 Å². The highest BCUT2D eigenvalue weighted by Crippen LogP contribution is 2.20. The first-order chi connectivity index (χ1) is 16.0. The van der Waals surface area contributed by atoms with Crippen molar-refractivity contribution in [3.05, 3.63) is 51.4 Å². The van der Waals surface area contributed by atoms with Crippen molar-refractivity contribution < 1.29 is 4.79 Å². The molecular weight excluding hydrogens is 420 g/mol. The molecule has 33 heavy (non-hydrogen) atoms. The van der Waals surface area contributed by atoms with E-state index in [4.69, 9.17) is 5.73 Å². The second-order valence-corrected chi connectivity index (χ2v) is 8.22. The number of nitrogens with two attached hydrogens (primary N) is 1. The van der Waals surface area contributed by atoms with Crippen LogP contribution in [0.15, 0.2) is 29.1 Å². The monoisotopic (exact) mass is 450 g/mol. The summed E-state index contributed by atoms with van der Waals surface area (Å²) in [5.41, 5.74) is 8.16. The van der Waals surface area contributed by atoms with Crippen LogP contribution in [0.25, 0.3) is 10.9 Å². The molecular formula is C23H30N8O2. The molecule has 0 aliphatic carbocycles. The number of nitrogen functional groups attached to an aromatic ring is 1. The Morgan fingerprint density at radius 1 is 1.18 bits per heavy atom. The number of piperazine rings is 1. The largest absolute Gasteiger partial charge is 0.369 e. The Labute approximate surface area is 192 Å². The molecule has 1 aromatic carbocycles. The SMILES string of the molecule is CCCCNc1nc(N)nc2c(C)nn(Cc3ccc(C(=O)N4CCNCC4)cc3)c(=O)c12. The van der Waals surface area contributed by atoms with Gasteiger partial charge in [-0.25, -0.2) is 9.67 Å². The molecule has 1 amide bonds. The average Bonchev–Trinajstić information content (AvgIpc) is 2.83. The third-order valence-electron chi connectivity index (χ3n) is 5.75. The van der Waals surface area contributed by atoms with Gasteiger partial charge < -0.3 is 21.3 Å². The van der Waals surface area contributed by atoms with Crippen molar-refractivity contribution in [2.75, 3.05) is 43.8 Å². The number of anilines is 2. The topological polar surface area (TPSA) is 131 Å². The standard InChI is InChI=1S/C23H30N8O2/c1-3-4-9-26-20-18-19(27-23(24)28-20)15(2)29-31(22(18)33)14-16-5-7-17(8-6-16)21(32)30-12-10-25-11-13-30/h5-8,25H,3-4,9-14H2,1-2H3,(H3,24,26,27,28). The zero-order valence-electron chi connectivity index (χ0n) is 19.1. The second-order valence-electron chi connectivity index (χ2n) is 8.22. The molecule has 0 atom stereocenters. The minimum atomic E-state index is -0.282. The second kappa shape index (κ2) is 9.95. The summed E-state index contributed by atoms with van der Waals surface area (Å²) in [6, 6.07) is 7.34. The molecule has 3 heterocycles. The van der Waals surface area contributed by atoms with Crippen molar-refractivity contribution in [3.8, 4) is 0 Å². The van der Waals surface area contributed by atoms with Gasteiger partial charge in [0, 0.05) is 38.3 Å². The summed E-state index contributed by atoms with van der Waals surface area (Å²) in [6.07, 6.45) is 1.96. The van der Waals surface area contributed by atoms with Gasteiger partial charge in [0.25, 0.3) is 11.5 Å². The van der Waals surface area contributed by atoms with Crippen LogP contribution < -0.4 is 21.9 Å². The maximum atomic E-state index is 13.3. The first-order valence-electron chi connectivity index (χ1n) is 11.4. The van der Waals surface area contributed by atoms with Crippen LogP contribution >= 0.6 is 0 Å².